The van der Waals surface area contributed by atoms with Crippen molar-refractivity contribution >= 4 is 0 Å². The summed E-state index contributed by atoms with van der Waals surface area (Å²) in [5.41, 5.74) is 6.35. The Hall–Kier alpha value is -3.00. The number of furan rings is 2. The number of fused-ring (bicyclic) bond motifs is 2. The highest BCUT2D eigenvalue weighted by Gasteiger charge is 2.37. The summed E-state index contributed by atoms with van der Waals surface area (Å²) in [6.45, 7) is 2.17. The van der Waals surface area contributed by atoms with E-state index in [9.17, 15) is 0 Å². The van der Waals surface area contributed by atoms with Crippen LogP contribution in [0.4, 0.5) is 0 Å². The average Bonchev–Trinajstić information content (AvgIpc) is 3.32. The van der Waals surface area contributed by atoms with Crippen LogP contribution in [-0.2, 0) is 0 Å². The zero-order valence-corrected chi connectivity index (χ0v) is 14.0. The molecule has 2 aromatic heterocycles. The predicted octanol–water partition coefficient (Wildman–Crippen LogP) is 5.85. The first-order chi connectivity index (χ1) is 12.3. The molecule has 122 valence electrons. The van der Waals surface area contributed by atoms with E-state index in [0.29, 0.717) is 0 Å². The third-order valence-corrected chi connectivity index (χ3v) is 5.25. The summed E-state index contributed by atoms with van der Waals surface area (Å²) in [5, 5.41) is 0. The lowest BCUT2D eigenvalue weighted by molar-refractivity contribution is 0.469. The molecule has 0 aliphatic heterocycles. The van der Waals surface area contributed by atoms with Gasteiger partial charge in [0, 0.05) is 5.56 Å². The van der Waals surface area contributed by atoms with Crippen LogP contribution in [0, 0.1) is 6.92 Å². The Morgan fingerprint density at radius 3 is 2.04 bits per heavy atom. The fourth-order valence-corrected chi connectivity index (χ4v) is 4.13. The summed E-state index contributed by atoms with van der Waals surface area (Å²) in [6.07, 6.45) is 3.54. The molecular formula is C23H18O2. The molecule has 0 amide bonds. The topological polar surface area (TPSA) is 26.3 Å². The Balaban J connectivity index is 1.80. The van der Waals surface area contributed by atoms with Crippen molar-refractivity contribution in [3.8, 4) is 0 Å². The van der Waals surface area contributed by atoms with Gasteiger partial charge in [-0.25, -0.2) is 0 Å². The molecule has 2 nitrogen and oxygen atoms in total. The minimum atomic E-state index is 0.0835. The molecule has 0 fully saturated rings. The first-order valence-electron chi connectivity index (χ1n) is 8.59. The summed E-state index contributed by atoms with van der Waals surface area (Å²) in [4.78, 5) is 0. The lowest BCUT2D eigenvalue weighted by Crippen LogP contribution is -2.18. The summed E-state index contributed by atoms with van der Waals surface area (Å²) in [7, 11) is 0. The van der Waals surface area contributed by atoms with Gasteiger partial charge in [0.2, 0.25) is 0 Å². The van der Waals surface area contributed by atoms with Crippen LogP contribution in [0.25, 0.3) is 0 Å². The molecule has 2 atom stereocenters. The Morgan fingerprint density at radius 2 is 1.32 bits per heavy atom. The van der Waals surface area contributed by atoms with E-state index in [-0.39, 0.29) is 11.8 Å². The lowest BCUT2D eigenvalue weighted by Gasteiger charge is -2.31. The smallest absolute Gasteiger partial charge is 0.119 e. The average molecular weight is 326 g/mol. The number of rotatable bonds is 2. The van der Waals surface area contributed by atoms with E-state index in [0.717, 1.165) is 11.5 Å². The number of hydrogen-bond donors (Lipinski definition) is 0. The van der Waals surface area contributed by atoms with E-state index in [1.807, 2.05) is 12.1 Å². The van der Waals surface area contributed by atoms with Crippen molar-refractivity contribution in [1.29, 1.82) is 0 Å². The van der Waals surface area contributed by atoms with E-state index in [1.54, 1.807) is 12.5 Å². The first kappa shape index (κ1) is 14.4. The molecule has 2 heteroatoms. The minimum Gasteiger partial charge on any atom is -0.468 e. The molecule has 1 aliphatic rings. The Morgan fingerprint density at radius 1 is 0.600 bits per heavy atom. The molecule has 0 saturated carbocycles. The van der Waals surface area contributed by atoms with Gasteiger partial charge in [0.25, 0.3) is 0 Å². The fraction of sp³-hybridized carbons (Fsp3) is 0.130. The number of hydrogen-bond acceptors (Lipinski definition) is 2. The summed E-state index contributed by atoms with van der Waals surface area (Å²) < 4.78 is 11.8. The van der Waals surface area contributed by atoms with Gasteiger partial charge in [-0.2, -0.15) is 0 Å². The quantitative estimate of drug-likeness (QED) is 0.406. The standard InChI is InChI=1S/C23H18O2/c1-15-7-2-3-8-16(15)22-18-10-5-4-9-17(18)21(20-11-6-13-24-20)19-12-14-25-23(19)22/h2-14,21-22H,1H3. The molecule has 0 saturated heterocycles. The van der Waals surface area contributed by atoms with Gasteiger partial charge in [-0.3, -0.25) is 0 Å². The maximum Gasteiger partial charge on any atom is 0.119 e. The lowest BCUT2D eigenvalue weighted by atomic mass is 9.72. The second-order valence-corrected chi connectivity index (χ2v) is 6.61. The predicted molar refractivity (Wildman–Crippen MR) is 96.9 cm³/mol. The van der Waals surface area contributed by atoms with E-state index in [4.69, 9.17) is 8.83 Å². The first-order valence-corrected chi connectivity index (χ1v) is 8.59. The molecule has 25 heavy (non-hydrogen) atoms. The second-order valence-electron chi connectivity index (χ2n) is 6.61. The third-order valence-electron chi connectivity index (χ3n) is 5.25. The molecule has 0 bridgehead atoms. The Labute approximate surface area is 146 Å². The van der Waals surface area contributed by atoms with Crippen LogP contribution in [0.2, 0.25) is 0 Å². The number of aryl methyl sites for hydroxylation is 1. The molecule has 2 heterocycles. The maximum absolute atomic E-state index is 6.02. The fourth-order valence-electron chi connectivity index (χ4n) is 4.13. The molecule has 0 N–H and O–H groups in total. The largest absolute Gasteiger partial charge is 0.468 e. The van der Waals surface area contributed by atoms with E-state index >= 15 is 0 Å². The molecular weight excluding hydrogens is 308 g/mol. The van der Waals surface area contributed by atoms with Gasteiger partial charge in [0.05, 0.1) is 24.4 Å². The van der Waals surface area contributed by atoms with Gasteiger partial charge >= 0.3 is 0 Å². The van der Waals surface area contributed by atoms with Crippen LogP contribution in [0.15, 0.2) is 88.1 Å². The molecule has 4 aromatic rings. The summed E-state index contributed by atoms with van der Waals surface area (Å²) >= 11 is 0. The van der Waals surface area contributed by atoms with E-state index in [1.165, 1.54) is 27.8 Å². The summed E-state index contributed by atoms with van der Waals surface area (Å²) in [5.74, 6) is 2.18. The summed E-state index contributed by atoms with van der Waals surface area (Å²) in [6, 6.07) is 23.3. The number of benzene rings is 2. The van der Waals surface area contributed by atoms with Crippen LogP contribution < -0.4 is 0 Å². The van der Waals surface area contributed by atoms with Crippen LogP contribution >= 0.6 is 0 Å². The Bertz CT molecular complexity index is 1020. The highest BCUT2D eigenvalue weighted by molar-refractivity contribution is 5.58. The van der Waals surface area contributed by atoms with E-state index < -0.39 is 0 Å². The van der Waals surface area contributed by atoms with Gasteiger partial charge in [-0.15, -0.1) is 0 Å². The van der Waals surface area contributed by atoms with Crippen LogP contribution in [0.5, 0.6) is 0 Å². The van der Waals surface area contributed by atoms with Gasteiger partial charge in [0.15, 0.2) is 0 Å². The normalized spacial score (nSPS) is 18.6. The monoisotopic (exact) mass is 326 g/mol. The molecule has 1 aliphatic carbocycles. The second kappa shape index (κ2) is 5.52. The Kier molecular flexibility index (Phi) is 3.17. The van der Waals surface area contributed by atoms with Crippen molar-refractivity contribution < 1.29 is 8.83 Å². The van der Waals surface area contributed by atoms with Gasteiger partial charge in [-0.05, 0) is 47.4 Å². The molecule has 2 unspecified atom stereocenters. The van der Waals surface area contributed by atoms with Crippen LogP contribution in [0.1, 0.15) is 51.2 Å². The van der Waals surface area contributed by atoms with Crippen molar-refractivity contribution in [2.45, 2.75) is 18.8 Å². The SMILES string of the molecule is Cc1ccccc1C1c2ccccc2C(c2ccco2)c2ccoc21. The molecule has 0 radical (unpaired) electrons. The third kappa shape index (κ3) is 2.11. The van der Waals surface area contributed by atoms with E-state index in [2.05, 4.69) is 61.5 Å². The van der Waals surface area contributed by atoms with Crippen molar-refractivity contribution in [3.05, 3.63) is 119 Å². The minimum absolute atomic E-state index is 0.0835. The maximum atomic E-state index is 6.02. The van der Waals surface area contributed by atoms with Crippen molar-refractivity contribution in [1.82, 2.24) is 0 Å². The van der Waals surface area contributed by atoms with Gasteiger partial charge in [0.1, 0.15) is 11.5 Å². The van der Waals surface area contributed by atoms with Crippen LogP contribution in [-0.4, -0.2) is 0 Å². The van der Waals surface area contributed by atoms with Crippen molar-refractivity contribution in [3.63, 3.8) is 0 Å². The van der Waals surface area contributed by atoms with Crippen molar-refractivity contribution in [2.75, 3.05) is 0 Å². The highest BCUT2D eigenvalue weighted by atomic mass is 16.3. The van der Waals surface area contributed by atoms with Crippen molar-refractivity contribution in [2.24, 2.45) is 0 Å². The zero-order chi connectivity index (χ0) is 16.8. The zero-order valence-electron chi connectivity index (χ0n) is 14.0. The van der Waals surface area contributed by atoms with Gasteiger partial charge < -0.3 is 8.83 Å². The molecule has 5 rings (SSSR count). The molecule has 2 aromatic carbocycles. The highest BCUT2D eigenvalue weighted by Crippen LogP contribution is 2.49. The van der Waals surface area contributed by atoms with Gasteiger partial charge in [-0.1, -0.05) is 48.5 Å². The van der Waals surface area contributed by atoms with Crippen LogP contribution in [0.3, 0.4) is 0 Å². The molecule has 0 spiro atoms.